The number of benzene rings is 1. The summed E-state index contributed by atoms with van der Waals surface area (Å²) in [7, 11) is 0. The van der Waals surface area contributed by atoms with Gasteiger partial charge in [0.25, 0.3) is 11.8 Å². The van der Waals surface area contributed by atoms with Crippen LogP contribution in [0.15, 0.2) is 48.8 Å². The first kappa shape index (κ1) is 15.7. The van der Waals surface area contributed by atoms with Crippen LogP contribution in [0.2, 0.25) is 0 Å². The molecule has 0 saturated heterocycles. The number of pyridine rings is 1. The molecule has 2 aromatic heterocycles. The van der Waals surface area contributed by atoms with Crippen LogP contribution in [0, 0.1) is 6.92 Å². The van der Waals surface area contributed by atoms with E-state index in [9.17, 15) is 9.59 Å². The highest BCUT2D eigenvalue weighted by Crippen LogP contribution is 2.08. The van der Waals surface area contributed by atoms with Crippen LogP contribution in [0.4, 0.5) is 0 Å². The van der Waals surface area contributed by atoms with Gasteiger partial charge in [-0.25, -0.2) is 4.98 Å². The van der Waals surface area contributed by atoms with Gasteiger partial charge in [-0.15, -0.1) is 0 Å². The van der Waals surface area contributed by atoms with Crippen LogP contribution in [0.5, 0.6) is 0 Å². The number of hydrazine groups is 1. The molecule has 2 heterocycles. The Morgan fingerprint density at radius 1 is 1.08 bits per heavy atom. The van der Waals surface area contributed by atoms with Gasteiger partial charge in [-0.1, -0.05) is 19.1 Å². The lowest BCUT2D eigenvalue weighted by Crippen LogP contribution is -2.41. The van der Waals surface area contributed by atoms with E-state index < -0.39 is 5.91 Å². The number of hydrogen-bond donors (Lipinski definition) is 2. The maximum Gasteiger partial charge on any atom is 0.289 e. The lowest BCUT2D eigenvalue weighted by Gasteiger charge is -2.06. The third-order valence-electron chi connectivity index (χ3n) is 3.76. The molecule has 0 spiro atoms. The van der Waals surface area contributed by atoms with Crippen LogP contribution in [-0.4, -0.2) is 21.2 Å². The van der Waals surface area contributed by atoms with E-state index in [0.717, 1.165) is 17.5 Å². The minimum absolute atomic E-state index is 0.238. The SMILES string of the molecule is CCc1ccc(C(=O)NNC(=O)c2cn3ccc(C)cc3n2)cc1. The van der Waals surface area contributed by atoms with Crippen molar-refractivity contribution < 1.29 is 9.59 Å². The number of rotatable bonds is 3. The molecule has 6 nitrogen and oxygen atoms in total. The largest absolute Gasteiger partial charge is 0.306 e. The van der Waals surface area contributed by atoms with Crippen molar-refractivity contribution in [3.05, 3.63) is 71.2 Å². The van der Waals surface area contributed by atoms with Gasteiger partial charge in [0.05, 0.1) is 0 Å². The monoisotopic (exact) mass is 322 g/mol. The first-order valence-electron chi connectivity index (χ1n) is 7.72. The number of hydrogen-bond acceptors (Lipinski definition) is 3. The van der Waals surface area contributed by atoms with Gasteiger partial charge in [0, 0.05) is 18.0 Å². The van der Waals surface area contributed by atoms with Crippen LogP contribution in [0.1, 0.15) is 38.9 Å². The van der Waals surface area contributed by atoms with Crippen molar-refractivity contribution in [2.24, 2.45) is 0 Å². The van der Waals surface area contributed by atoms with E-state index in [4.69, 9.17) is 0 Å². The van der Waals surface area contributed by atoms with E-state index in [1.807, 2.05) is 44.3 Å². The van der Waals surface area contributed by atoms with Gasteiger partial charge in [0.2, 0.25) is 0 Å². The standard InChI is InChI=1S/C18H18N4O2/c1-3-13-4-6-14(7-5-13)17(23)20-21-18(24)15-11-22-9-8-12(2)10-16(22)19-15/h4-11H,3H2,1-2H3,(H,20,23)(H,21,24). The second kappa shape index (κ2) is 6.54. The fourth-order valence-electron chi connectivity index (χ4n) is 2.33. The topological polar surface area (TPSA) is 75.5 Å². The van der Waals surface area contributed by atoms with Crippen LogP contribution < -0.4 is 10.9 Å². The second-order valence-electron chi connectivity index (χ2n) is 5.55. The maximum absolute atomic E-state index is 12.1. The second-order valence-corrected chi connectivity index (χ2v) is 5.55. The molecule has 0 radical (unpaired) electrons. The molecule has 122 valence electrons. The molecule has 24 heavy (non-hydrogen) atoms. The van der Waals surface area contributed by atoms with E-state index in [-0.39, 0.29) is 11.6 Å². The van der Waals surface area contributed by atoms with Gasteiger partial charge in [-0.3, -0.25) is 20.4 Å². The van der Waals surface area contributed by atoms with E-state index in [2.05, 4.69) is 15.8 Å². The van der Waals surface area contributed by atoms with Crippen LogP contribution in [0.25, 0.3) is 5.65 Å². The summed E-state index contributed by atoms with van der Waals surface area (Å²) >= 11 is 0. The highest BCUT2D eigenvalue weighted by Gasteiger charge is 2.12. The quantitative estimate of drug-likeness (QED) is 0.726. The van der Waals surface area contributed by atoms with Crippen molar-refractivity contribution in [2.45, 2.75) is 20.3 Å². The molecule has 0 unspecified atom stereocenters. The molecule has 0 bridgehead atoms. The number of nitrogens with one attached hydrogen (secondary N) is 2. The maximum atomic E-state index is 12.1. The summed E-state index contributed by atoms with van der Waals surface area (Å²) < 4.78 is 1.76. The van der Waals surface area contributed by atoms with Gasteiger partial charge in [0.15, 0.2) is 0 Å². The van der Waals surface area contributed by atoms with E-state index in [0.29, 0.717) is 11.2 Å². The molecule has 3 rings (SSSR count). The number of aromatic nitrogens is 2. The molecule has 0 aliphatic rings. The summed E-state index contributed by atoms with van der Waals surface area (Å²) in [6, 6.07) is 11.0. The van der Waals surface area contributed by atoms with Crippen LogP contribution in [0.3, 0.4) is 0 Å². The van der Waals surface area contributed by atoms with Crippen molar-refractivity contribution in [3.63, 3.8) is 0 Å². The molecule has 1 aromatic carbocycles. The lowest BCUT2D eigenvalue weighted by atomic mass is 10.1. The van der Waals surface area contributed by atoms with Gasteiger partial charge < -0.3 is 4.40 Å². The van der Waals surface area contributed by atoms with Crippen molar-refractivity contribution in [1.82, 2.24) is 20.2 Å². The van der Waals surface area contributed by atoms with E-state index in [1.165, 1.54) is 0 Å². The van der Waals surface area contributed by atoms with Crippen molar-refractivity contribution in [3.8, 4) is 0 Å². The normalized spacial score (nSPS) is 10.6. The molecular formula is C18H18N4O2. The highest BCUT2D eigenvalue weighted by atomic mass is 16.2. The van der Waals surface area contributed by atoms with Gasteiger partial charge in [-0.2, -0.15) is 0 Å². The Morgan fingerprint density at radius 2 is 1.79 bits per heavy atom. The predicted molar refractivity (Wildman–Crippen MR) is 90.7 cm³/mol. The average molecular weight is 322 g/mol. The third kappa shape index (κ3) is 3.27. The summed E-state index contributed by atoms with van der Waals surface area (Å²) in [6.45, 7) is 4.00. The molecule has 2 amide bonds. The highest BCUT2D eigenvalue weighted by molar-refractivity contribution is 5.98. The van der Waals surface area contributed by atoms with Gasteiger partial charge in [0.1, 0.15) is 11.3 Å². The number of nitrogens with zero attached hydrogens (tertiary/aromatic N) is 2. The van der Waals surface area contributed by atoms with Gasteiger partial charge in [-0.05, 0) is 48.7 Å². The molecule has 0 aliphatic carbocycles. The van der Waals surface area contributed by atoms with E-state index >= 15 is 0 Å². The van der Waals surface area contributed by atoms with E-state index in [1.54, 1.807) is 22.7 Å². The zero-order valence-corrected chi connectivity index (χ0v) is 13.5. The van der Waals surface area contributed by atoms with Crippen LogP contribution in [-0.2, 0) is 6.42 Å². The minimum atomic E-state index is -0.463. The minimum Gasteiger partial charge on any atom is -0.306 e. The number of fused-ring (bicyclic) bond motifs is 1. The lowest BCUT2D eigenvalue weighted by molar-refractivity contribution is 0.0844. The summed E-state index contributed by atoms with van der Waals surface area (Å²) in [5.41, 5.74) is 8.40. The van der Waals surface area contributed by atoms with Crippen LogP contribution >= 0.6 is 0 Å². The van der Waals surface area contributed by atoms with Crippen molar-refractivity contribution >= 4 is 17.5 Å². The first-order chi connectivity index (χ1) is 11.6. The summed E-state index contributed by atoms with van der Waals surface area (Å²) in [6.07, 6.45) is 4.36. The summed E-state index contributed by atoms with van der Waals surface area (Å²) in [5, 5.41) is 0. The zero-order chi connectivity index (χ0) is 17.1. The fourth-order valence-corrected chi connectivity index (χ4v) is 2.33. The smallest absolute Gasteiger partial charge is 0.289 e. The Morgan fingerprint density at radius 3 is 2.50 bits per heavy atom. The molecular weight excluding hydrogens is 304 g/mol. The molecule has 0 aliphatic heterocycles. The third-order valence-corrected chi connectivity index (χ3v) is 3.76. The fraction of sp³-hybridized carbons (Fsp3) is 0.167. The number of carbonyl (C=O) groups excluding carboxylic acids is 2. The number of aryl methyl sites for hydroxylation is 2. The molecule has 2 N–H and O–H groups in total. The summed E-state index contributed by atoms with van der Waals surface area (Å²) in [4.78, 5) is 28.4. The predicted octanol–water partition coefficient (Wildman–Crippen LogP) is 2.28. The average Bonchev–Trinajstić information content (AvgIpc) is 3.02. The zero-order valence-electron chi connectivity index (χ0n) is 13.5. The number of amides is 2. The molecule has 0 fully saturated rings. The number of carbonyl (C=O) groups is 2. The Hall–Kier alpha value is -3.15. The Kier molecular flexibility index (Phi) is 4.29. The van der Waals surface area contributed by atoms with Gasteiger partial charge >= 0.3 is 0 Å². The van der Waals surface area contributed by atoms with Crippen molar-refractivity contribution in [1.29, 1.82) is 0 Å². The molecule has 0 saturated carbocycles. The van der Waals surface area contributed by atoms with Crippen molar-refractivity contribution in [2.75, 3.05) is 0 Å². The summed E-state index contributed by atoms with van der Waals surface area (Å²) in [5.74, 6) is -0.833. The number of imidazole rings is 1. The first-order valence-corrected chi connectivity index (χ1v) is 7.72. The Balaban J connectivity index is 1.66. The molecule has 0 atom stereocenters. The molecule has 6 heteroatoms. The Labute approximate surface area is 139 Å². The molecule has 3 aromatic rings. The Bertz CT molecular complexity index is 897.